The highest BCUT2D eigenvalue weighted by Gasteiger charge is 2.19. The van der Waals surface area contributed by atoms with Crippen LogP contribution in [0.1, 0.15) is 46.5 Å². The molecule has 140 valence electrons. The maximum absolute atomic E-state index is 5.68. The molecular formula is C20H28N4O2. The Hall–Kier alpha value is -2.37. The highest BCUT2D eigenvalue weighted by Crippen LogP contribution is 2.31. The summed E-state index contributed by atoms with van der Waals surface area (Å²) in [5.41, 5.74) is 1.75. The van der Waals surface area contributed by atoms with E-state index in [1.54, 1.807) is 19.5 Å². The molecule has 2 aromatic rings. The first-order valence-corrected chi connectivity index (χ1v) is 9.35. The molecule has 0 spiro atoms. The molecule has 6 nitrogen and oxygen atoms in total. The van der Waals surface area contributed by atoms with E-state index in [-0.39, 0.29) is 6.10 Å². The largest absolute Gasteiger partial charge is 0.480 e. The second-order valence-electron chi connectivity index (χ2n) is 7.27. The summed E-state index contributed by atoms with van der Waals surface area (Å²) in [4.78, 5) is 13.3. The van der Waals surface area contributed by atoms with Crippen LogP contribution in [0.3, 0.4) is 0 Å². The molecule has 0 atom stereocenters. The van der Waals surface area contributed by atoms with E-state index in [2.05, 4.69) is 27.2 Å². The Morgan fingerprint density at radius 2 is 1.92 bits per heavy atom. The molecule has 0 radical (unpaired) electrons. The molecule has 0 amide bonds. The standard InChI is InChI=1S/C20H28N4O2/c1-13(2)26-18-11-15(9-10-21-18)17-12-22-20(24-19(17)25-4)23-16-7-5-14(3)6-8-16/h9-14,16H,5-8H2,1-4H3,(H,22,23,24). The van der Waals surface area contributed by atoms with Gasteiger partial charge in [-0.05, 0) is 57.1 Å². The van der Waals surface area contributed by atoms with Crippen LogP contribution in [0, 0.1) is 5.92 Å². The van der Waals surface area contributed by atoms with Crippen LogP contribution in [0.2, 0.25) is 0 Å². The van der Waals surface area contributed by atoms with E-state index >= 15 is 0 Å². The van der Waals surface area contributed by atoms with Gasteiger partial charge in [0.2, 0.25) is 17.7 Å². The Morgan fingerprint density at radius 3 is 2.62 bits per heavy atom. The highest BCUT2D eigenvalue weighted by molar-refractivity contribution is 5.69. The minimum absolute atomic E-state index is 0.0701. The van der Waals surface area contributed by atoms with Gasteiger partial charge in [0, 0.05) is 24.5 Å². The lowest BCUT2D eigenvalue weighted by molar-refractivity contribution is 0.233. The molecule has 1 fully saturated rings. The van der Waals surface area contributed by atoms with Gasteiger partial charge in [-0.1, -0.05) is 6.92 Å². The van der Waals surface area contributed by atoms with E-state index in [9.17, 15) is 0 Å². The third-order valence-electron chi connectivity index (χ3n) is 4.70. The lowest BCUT2D eigenvalue weighted by Crippen LogP contribution is -2.26. The van der Waals surface area contributed by atoms with E-state index in [1.165, 1.54) is 12.8 Å². The molecular weight excluding hydrogens is 328 g/mol. The molecule has 26 heavy (non-hydrogen) atoms. The van der Waals surface area contributed by atoms with Gasteiger partial charge >= 0.3 is 0 Å². The van der Waals surface area contributed by atoms with Crippen LogP contribution in [0.15, 0.2) is 24.5 Å². The molecule has 2 aromatic heterocycles. The molecule has 0 unspecified atom stereocenters. The van der Waals surface area contributed by atoms with Crippen molar-refractivity contribution in [1.82, 2.24) is 15.0 Å². The SMILES string of the molecule is COc1nc(NC2CCC(C)CC2)ncc1-c1ccnc(OC(C)C)c1. The number of nitrogens with one attached hydrogen (secondary N) is 1. The minimum Gasteiger partial charge on any atom is -0.480 e. The summed E-state index contributed by atoms with van der Waals surface area (Å²) in [5.74, 6) is 2.57. The highest BCUT2D eigenvalue weighted by atomic mass is 16.5. The van der Waals surface area contributed by atoms with Crippen molar-refractivity contribution in [2.24, 2.45) is 5.92 Å². The Bertz CT molecular complexity index is 728. The van der Waals surface area contributed by atoms with E-state index in [4.69, 9.17) is 9.47 Å². The van der Waals surface area contributed by atoms with Crippen LogP contribution >= 0.6 is 0 Å². The molecule has 3 rings (SSSR count). The number of hydrogen-bond acceptors (Lipinski definition) is 6. The predicted octanol–water partition coefficient (Wildman–Crippen LogP) is 4.33. The number of aromatic nitrogens is 3. The number of nitrogens with zero attached hydrogens (tertiary/aromatic N) is 3. The summed E-state index contributed by atoms with van der Waals surface area (Å²) < 4.78 is 11.2. The zero-order chi connectivity index (χ0) is 18.5. The molecule has 1 saturated carbocycles. The second-order valence-corrected chi connectivity index (χ2v) is 7.27. The first kappa shape index (κ1) is 18.4. The number of anilines is 1. The van der Waals surface area contributed by atoms with Crippen LogP contribution in [-0.4, -0.2) is 34.2 Å². The van der Waals surface area contributed by atoms with E-state index in [1.807, 2.05) is 26.0 Å². The van der Waals surface area contributed by atoms with Crippen molar-refractivity contribution >= 4 is 5.95 Å². The van der Waals surface area contributed by atoms with Crippen molar-refractivity contribution < 1.29 is 9.47 Å². The van der Waals surface area contributed by atoms with Gasteiger partial charge in [-0.15, -0.1) is 0 Å². The van der Waals surface area contributed by atoms with Gasteiger partial charge in [-0.3, -0.25) is 0 Å². The Morgan fingerprint density at radius 1 is 1.15 bits per heavy atom. The average molecular weight is 356 g/mol. The minimum atomic E-state index is 0.0701. The zero-order valence-electron chi connectivity index (χ0n) is 16.0. The monoisotopic (exact) mass is 356 g/mol. The summed E-state index contributed by atoms with van der Waals surface area (Å²) in [6, 6.07) is 4.23. The molecule has 0 bridgehead atoms. The van der Waals surface area contributed by atoms with Crippen molar-refractivity contribution in [2.45, 2.75) is 58.6 Å². The van der Waals surface area contributed by atoms with E-state index < -0.39 is 0 Å². The third-order valence-corrected chi connectivity index (χ3v) is 4.70. The van der Waals surface area contributed by atoms with Gasteiger partial charge in [-0.2, -0.15) is 4.98 Å². The molecule has 1 aliphatic carbocycles. The molecule has 6 heteroatoms. The van der Waals surface area contributed by atoms with Crippen molar-refractivity contribution in [1.29, 1.82) is 0 Å². The van der Waals surface area contributed by atoms with Crippen LogP contribution in [0.4, 0.5) is 5.95 Å². The van der Waals surface area contributed by atoms with Crippen LogP contribution in [-0.2, 0) is 0 Å². The Labute approximate surface area is 155 Å². The number of pyridine rings is 1. The fourth-order valence-electron chi connectivity index (χ4n) is 3.26. The number of hydrogen-bond donors (Lipinski definition) is 1. The van der Waals surface area contributed by atoms with Crippen LogP contribution in [0.5, 0.6) is 11.8 Å². The van der Waals surface area contributed by atoms with Crippen LogP contribution < -0.4 is 14.8 Å². The van der Waals surface area contributed by atoms with Gasteiger partial charge in [0.1, 0.15) is 0 Å². The lowest BCUT2D eigenvalue weighted by Gasteiger charge is -2.27. The van der Waals surface area contributed by atoms with Gasteiger partial charge in [-0.25, -0.2) is 9.97 Å². The number of ether oxygens (including phenoxy) is 2. The van der Waals surface area contributed by atoms with Gasteiger partial charge < -0.3 is 14.8 Å². The molecule has 1 aliphatic rings. The topological polar surface area (TPSA) is 69.2 Å². The second kappa shape index (κ2) is 8.34. The molecule has 0 aromatic carbocycles. The maximum Gasteiger partial charge on any atom is 0.226 e. The summed E-state index contributed by atoms with van der Waals surface area (Å²) in [7, 11) is 1.63. The number of methoxy groups -OCH3 is 1. The van der Waals surface area contributed by atoms with E-state index in [0.717, 1.165) is 29.9 Å². The van der Waals surface area contributed by atoms with Gasteiger partial charge in [0.15, 0.2) is 0 Å². The third kappa shape index (κ3) is 4.62. The van der Waals surface area contributed by atoms with Gasteiger partial charge in [0.25, 0.3) is 0 Å². The summed E-state index contributed by atoms with van der Waals surface area (Å²) in [6.45, 7) is 6.27. The number of rotatable bonds is 6. The summed E-state index contributed by atoms with van der Waals surface area (Å²) in [5, 5.41) is 3.45. The van der Waals surface area contributed by atoms with Crippen LogP contribution in [0.25, 0.3) is 11.1 Å². The van der Waals surface area contributed by atoms with Crippen molar-refractivity contribution in [3.8, 4) is 22.9 Å². The molecule has 0 saturated heterocycles. The lowest BCUT2D eigenvalue weighted by atomic mass is 9.87. The predicted molar refractivity (Wildman–Crippen MR) is 103 cm³/mol. The summed E-state index contributed by atoms with van der Waals surface area (Å²) >= 11 is 0. The average Bonchev–Trinajstić information content (AvgIpc) is 2.63. The Balaban J connectivity index is 1.78. The Kier molecular flexibility index (Phi) is 5.91. The van der Waals surface area contributed by atoms with Crippen molar-refractivity contribution in [3.63, 3.8) is 0 Å². The molecule has 1 N–H and O–H groups in total. The smallest absolute Gasteiger partial charge is 0.226 e. The first-order valence-electron chi connectivity index (χ1n) is 9.35. The van der Waals surface area contributed by atoms with Crippen molar-refractivity contribution in [2.75, 3.05) is 12.4 Å². The molecule has 0 aliphatic heterocycles. The first-order chi connectivity index (χ1) is 12.5. The fourth-order valence-corrected chi connectivity index (χ4v) is 3.26. The summed E-state index contributed by atoms with van der Waals surface area (Å²) in [6.07, 6.45) is 8.42. The molecule has 2 heterocycles. The maximum atomic E-state index is 5.68. The zero-order valence-corrected chi connectivity index (χ0v) is 16.0. The normalized spacial score (nSPS) is 20.0. The van der Waals surface area contributed by atoms with Crippen molar-refractivity contribution in [3.05, 3.63) is 24.5 Å². The fraction of sp³-hybridized carbons (Fsp3) is 0.550. The quantitative estimate of drug-likeness (QED) is 0.831. The van der Waals surface area contributed by atoms with E-state index in [0.29, 0.717) is 23.8 Å². The van der Waals surface area contributed by atoms with Gasteiger partial charge in [0.05, 0.1) is 18.8 Å².